The van der Waals surface area contributed by atoms with Crippen molar-refractivity contribution in [1.82, 2.24) is 34.9 Å². The number of benzene rings is 1. The molecule has 3 rings (SSSR count). The molecule has 3 aromatic rings. The number of para-hydroxylation sites is 1. The second-order valence-electron chi connectivity index (χ2n) is 10.1. The highest BCUT2D eigenvalue weighted by Gasteiger charge is 2.21. The van der Waals surface area contributed by atoms with Crippen molar-refractivity contribution >= 4 is 35.3 Å². The number of hydrogen-bond donors (Lipinski definition) is 3. The molecule has 14 nitrogen and oxygen atoms in total. The first-order valence-electron chi connectivity index (χ1n) is 13.2. The van der Waals surface area contributed by atoms with Crippen molar-refractivity contribution in [3.8, 4) is 17.1 Å². The molecule has 0 bridgehead atoms. The van der Waals surface area contributed by atoms with Crippen LogP contribution in [0.4, 0.5) is 22.2 Å². The standard InChI is InChI=1S/C28H38N10O4/c1-9-11-21(29-5)34-26-31-16-19(25(39)30-14-15-37(6)27(40)42-28(2,3)4)24(35-26)33-20-13-10-12-18(22(20)41-8)23-32-17-38(7)36-23/h9-13,16-17H,14-15H2,1-8H3,(H,30,39)(H2,29,31,33,34,35)/b11-9-. The SMILES string of the molecule is C/C=C\C(=NC)Nc1ncc(C(=O)NCCN(C)C(=O)OC(C)(C)C)c(Nc2cccc(-c3ncn(C)n3)c2OC)n1. The van der Waals surface area contributed by atoms with E-state index < -0.39 is 17.6 Å². The third kappa shape index (κ3) is 8.49. The van der Waals surface area contributed by atoms with Crippen LogP contribution in [0.3, 0.4) is 0 Å². The van der Waals surface area contributed by atoms with Gasteiger partial charge in [-0.3, -0.25) is 14.5 Å². The summed E-state index contributed by atoms with van der Waals surface area (Å²) in [5.41, 5.74) is 0.733. The molecule has 0 aliphatic rings. The van der Waals surface area contributed by atoms with Gasteiger partial charge in [0.2, 0.25) is 5.95 Å². The molecule has 0 saturated carbocycles. The topological polar surface area (TPSA) is 161 Å². The molecule has 224 valence electrons. The summed E-state index contributed by atoms with van der Waals surface area (Å²) in [5.74, 6) is 1.47. The molecule has 0 aliphatic carbocycles. The monoisotopic (exact) mass is 578 g/mol. The molecular weight excluding hydrogens is 540 g/mol. The summed E-state index contributed by atoms with van der Waals surface area (Å²) in [4.78, 5) is 44.3. The van der Waals surface area contributed by atoms with Crippen LogP contribution in [-0.4, -0.2) is 87.4 Å². The smallest absolute Gasteiger partial charge is 0.410 e. The quantitative estimate of drug-likeness (QED) is 0.239. The summed E-state index contributed by atoms with van der Waals surface area (Å²) in [5, 5.41) is 13.4. The first-order chi connectivity index (χ1) is 19.9. The zero-order chi connectivity index (χ0) is 30.9. The van der Waals surface area contributed by atoms with Gasteiger partial charge >= 0.3 is 6.09 Å². The zero-order valence-electron chi connectivity index (χ0n) is 25.2. The second kappa shape index (κ2) is 14.1. The van der Waals surface area contributed by atoms with E-state index >= 15 is 0 Å². The molecule has 0 atom stereocenters. The predicted octanol–water partition coefficient (Wildman–Crippen LogP) is 3.64. The minimum Gasteiger partial charge on any atom is -0.494 e. The number of ether oxygens (including phenoxy) is 2. The van der Waals surface area contributed by atoms with Gasteiger partial charge in [0, 0.05) is 40.4 Å². The number of amidine groups is 1. The lowest BCUT2D eigenvalue weighted by Gasteiger charge is -2.24. The van der Waals surface area contributed by atoms with Gasteiger partial charge in [0.05, 0.1) is 18.4 Å². The molecule has 42 heavy (non-hydrogen) atoms. The van der Waals surface area contributed by atoms with Crippen LogP contribution < -0.4 is 20.7 Å². The lowest BCUT2D eigenvalue weighted by molar-refractivity contribution is 0.0299. The highest BCUT2D eigenvalue weighted by molar-refractivity contribution is 6.03. The molecule has 0 fully saturated rings. The lowest BCUT2D eigenvalue weighted by atomic mass is 10.1. The minimum absolute atomic E-state index is 0.171. The molecule has 1 aromatic carbocycles. The van der Waals surface area contributed by atoms with Crippen LogP contribution in [-0.2, 0) is 11.8 Å². The predicted molar refractivity (Wildman–Crippen MR) is 161 cm³/mol. The number of nitrogens with one attached hydrogen (secondary N) is 3. The van der Waals surface area contributed by atoms with E-state index in [9.17, 15) is 9.59 Å². The van der Waals surface area contributed by atoms with Crippen molar-refractivity contribution in [2.45, 2.75) is 33.3 Å². The fourth-order valence-electron chi connectivity index (χ4n) is 3.63. The van der Waals surface area contributed by atoms with Gasteiger partial charge in [-0.1, -0.05) is 12.1 Å². The molecular formula is C28H38N10O4. The van der Waals surface area contributed by atoms with Gasteiger partial charge in [0.15, 0.2) is 11.6 Å². The number of anilines is 3. The van der Waals surface area contributed by atoms with E-state index in [4.69, 9.17) is 9.47 Å². The molecule has 2 aromatic heterocycles. The van der Waals surface area contributed by atoms with Crippen molar-refractivity contribution < 1.29 is 19.1 Å². The number of methoxy groups -OCH3 is 1. The Hall–Kier alpha value is -5.01. The maximum Gasteiger partial charge on any atom is 0.410 e. The second-order valence-corrected chi connectivity index (χ2v) is 10.1. The Balaban J connectivity index is 1.90. The number of nitrogens with zero attached hydrogens (tertiary/aromatic N) is 7. The first-order valence-corrected chi connectivity index (χ1v) is 13.2. The van der Waals surface area contributed by atoms with Gasteiger partial charge in [-0.2, -0.15) is 10.1 Å². The Kier molecular flexibility index (Phi) is 10.5. The number of carbonyl (C=O) groups is 2. The summed E-state index contributed by atoms with van der Waals surface area (Å²) in [6, 6.07) is 5.44. The van der Waals surface area contributed by atoms with Gasteiger partial charge in [0.1, 0.15) is 29.1 Å². The third-order valence-electron chi connectivity index (χ3n) is 5.59. The van der Waals surface area contributed by atoms with E-state index in [1.54, 1.807) is 65.1 Å². The fraction of sp³-hybridized carbons (Fsp3) is 0.393. The Morgan fingerprint density at radius 1 is 1.21 bits per heavy atom. The Bertz CT molecular complexity index is 1460. The van der Waals surface area contributed by atoms with Crippen LogP contribution in [0, 0.1) is 0 Å². The Morgan fingerprint density at radius 3 is 2.60 bits per heavy atom. The summed E-state index contributed by atoms with van der Waals surface area (Å²) in [7, 11) is 6.55. The van der Waals surface area contributed by atoms with E-state index in [0.29, 0.717) is 28.7 Å². The maximum absolute atomic E-state index is 13.3. The number of aliphatic imine (C=N–C) groups is 1. The van der Waals surface area contributed by atoms with Crippen LogP contribution in [0.5, 0.6) is 5.75 Å². The number of amides is 2. The molecule has 0 spiro atoms. The number of allylic oxidation sites excluding steroid dienone is 1. The molecule has 0 aliphatic heterocycles. The van der Waals surface area contributed by atoms with E-state index in [1.165, 1.54) is 18.2 Å². The molecule has 0 saturated heterocycles. The van der Waals surface area contributed by atoms with Gasteiger partial charge in [-0.15, -0.1) is 0 Å². The summed E-state index contributed by atoms with van der Waals surface area (Å²) in [6.07, 6.45) is 6.11. The van der Waals surface area contributed by atoms with E-state index in [-0.39, 0.29) is 30.4 Å². The van der Waals surface area contributed by atoms with Crippen LogP contribution in [0.25, 0.3) is 11.4 Å². The number of aromatic nitrogens is 5. The molecule has 2 amide bonds. The molecule has 3 N–H and O–H groups in total. The van der Waals surface area contributed by atoms with Crippen molar-refractivity contribution in [1.29, 1.82) is 0 Å². The first kappa shape index (κ1) is 31.5. The average molecular weight is 579 g/mol. The lowest BCUT2D eigenvalue weighted by Crippen LogP contribution is -2.39. The normalized spacial score (nSPS) is 11.8. The minimum atomic E-state index is -0.622. The number of hydrogen-bond acceptors (Lipinski definition) is 10. The zero-order valence-corrected chi connectivity index (χ0v) is 25.2. The van der Waals surface area contributed by atoms with E-state index in [2.05, 4.69) is 41.0 Å². The summed E-state index contributed by atoms with van der Waals surface area (Å²) >= 11 is 0. The largest absolute Gasteiger partial charge is 0.494 e. The summed E-state index contributed by atoms with van der Waals surface area (Å²) in [6.45, 7) is 7.64. The van der Waals surface area contributed by atoms with Gasteiger partial charge in [-0.05, 0) is 45.9 Å². The van der Waals surface area contributed by atoms with Crippen LogP contribution in [0.15, 0.2) is 47.9 Å². The van der Waals surface area contributed by atoms with E-state index in [0.717, 1.165) is 0 Å². The summed E-state index contributed by atoms with van der Waals surface area (Å²) < 4.78 is 12.7. The molecule has 2 heterocycles. The van der Waals surface area contributed by atoms with Crippen LogP contribution in [0.1, 0.15) is 38.1 Å². The highest BCUT2D eigenvalue weighted by atomic mass is 16.6. The van der Waals surface area contributed by atoms with Gasteiger partial charge < -0.3 is 30.3 Å². The number of carbonyl (C=O) groups excluding carboxylic acids is 2. The Morgan fingerprint density at radius 2 is 1.98 bits per heavy atom. The van der Waals surface area contributed by atoms with Crippen molar-refractivity contribution in [3.05, 3.63) is 48.4 Å². The number of likely N-dealkylation sites (N-methyl/N-ethyl adjacent to an activating group) is 1. The van der Waals surface area contributed by atoms with Crippen molar-refractivity contribution in [3.63, 3.8) is 0 Å². The average Bonchev–Trinajstić information content (AvgIpc) is 3.37. The van der Waals surface area contributed by atoms with Gasteiger partial charge in [0.25, 0.3) is 5.91 Å². The Labute approximate surface area is 245 Å². The number of rotatable bonds is 10. The highest BCUT2D eigenvalue weighted by Crippen LogP contribution is 2.36. The third-order valence-corrected chi connectivity index (χ3v) is 5.59. The molecule has 0 radical (unpaired) electrons. The van der Waals surface area contributed by atoms with Crippen LogP contribution in [0.2, 0.25) is 0 Å². The maximum atomic E-state index is 13.3. The molecule has 0 unspecified atom stereocenters. The van der Waals surface area contributed by atoms with Crippen LogP contribution >= 0.6 is 0 Å². The van der Waals surface area contributed by atoms with Crippen molar-refractivity contribution in [2.75, 3.05) is 44.9 Å². The molecule has 14 heteroatoms. The van der Waals surface area contributed by atoms with E-state index in [1.807, 2.05) is 25.1 Å². The van der Waals surface area contributed by atoms with Gasteiger partial charge in [-0.25, -0.2) is 14.8 Å². The fourth-order valence-corrected chi connectivity index (χ4v) is 3.63. The van der Waals surface area contributed by atoms with Crippen molar-refractivity contribution in [2.24, 2.45) is 12.0 Å². The number of aryl methyl sites for hydroxylation is 1.